The number of hydrogen-bond donors (Lipinski definition) is 0. The molecular formula is C92H74BN3OS2. The molecule has 16 aromatic rings. The smallest absolute Gasteiger partial charge is 0.256 e. The molecule has 6 heterocycles. The molecule has 0 saturated heterocycles. The molecule has 478 valence electrons. The van der Waals surface area contributed by atoms with E-state index >= 15 is 0 Å². The Balaban J connectivity index is 0.947. The number of hydrogen-bond acceptors (Lipinski definition) is 4. The third kappa shape index (κ3) is 9.37. The topological polar surface area (TPSA) is 22.3 Å². The lowest BCUT2D eigenvalue weighted by Crippen LogP contribution is -2.59. The number of fused-ring (bicyclic) bond motifs is 17. The van der Waals surface area contributed by atoms with Gasteiger partial charge in [0.25, 0.3) is 6.71 Å². The van der Waals surface area contributed by atoms with Gasteiger partial charge in [-0.2, -0.15) is 0 Å². The molecule has 19 rings (SSSR count). The van der Waals surface area contributed by atoms with Gasteiger partial charge in [0.1, 0.15) is 11.5 Å². The van der Waals surface area contributed by atoms with E-state index in [0.717, 1.165) is 91.4 Å². The molecule has 3 aliphatic rings. The number of para-hydroxylation sites is 2. The molecule has 0 fully saturated rings. The van der Waals surface area contributed by atoms with Crippen molar-refractivity contribution in [3.05, 3.63) is 283 Å². The van der Waals surface area contributed by atoms with Gasteiger partial charge in [-0.15, -0.1) is 22.7 Å². The summed E-state index contributed by atoms with van der Waals surface area (Å²) in [6, 6.07) is 92.3. The number of aromatic nitrogens is 2. The van der Waals surface area contributed by atoms with Gasteiger partial charge < -0.3 is 18.8 Å². The lowest BCUT2D eigenvalue weighted by molar-refractivity contribution is 0.487. The summed E-state index contributed by atoms with van der Waals surface area (Å²) in [5.74, 6) is 1.72. The first-order valence-corrected chi connectivity index (χ1v) is 36.7. The minimum absolute atomic E-state index is 0.0278. The molecule has 7 heteroatoms. The number of allylic oxidation sites excluding steroid dienone is 3. The summed E-state index contributed by atoms with van der Waals surface area (Å²) >= 11 is 3.80. The maximum atomic E-state index is 7.84. The van der Waals surface area contributed by atoms with Crippen molar-refractivity contribution < 1.29 is 4.74 Å². The van der Waals surface area contributed by atoms with Gasteiger partial charge in [0.05, 0.1) is 22.2 Å². The first kappa shape index (κ1) is 59.8. The molecule has 12 aromatic carbocycles. The molecule has 4 aromatic heterocycles. The van der Waals surface area contributed by atoms with Gasteiger partial charge >= 0.3 is 0 Å². The van der Waals surface area contributed by atoms with E-state index in [-0.39, 0.29) is 23.0 Å². The summed E-state index contributed by atoms with van der Waals surface area (Å²) in [5.41, 5.74) is 25.9. The van der Waals surface area contributed by atoms with Crippen LogP contribution >= 0.6 is 22.7 Å². The summed E-state index contributed by atoms with van der Waals surface area (Å²) in [6.45, 7) is 21.0. The van der Waals surface area contributed by atoms with Crippen LogP contribution in [0, 0.1) is 5.41 Å². The van der Waals surface area contributed by atoms with Crippen molar-refractivity contribution in [1.82, 2.24) is 9.13 Å². The SMILES string of the molecule is CC(C)(C)/C1=C/c2c(n(-c3ccc4c(c3)N(c3c(-c5ccccc5)cc(C(C)(C)C)cc3-c3ccccc3)c3cc(-c5cccc6c5sc5ccc7sc8ccccc8c7c56)cc5c3B4c3ccc(-n4c6ccccc6c6ccccc64)cc3O5)c3ccc(C(C)(C)C)cc23)C/C=C\C1. The van der Waals surface area contributed by atoms with E-state index in [2.05, 4.69) is 337 Å². The lowest BCUT2D eigenvalue weighted by Gasteiger charge is -2.42. The van der Waals surface area contributed by atoms with Crippen LogP contribution in [0.25, 0.3) is 124 Å². The zero-order valence-corrected chi connectivity index (χ0v) is 59.0. The Bertz CT molecular complexity index is 6040. The number of ether oxygens (including phenoxy) is 1. The Morgan fingerprint density at radius 2 is 0.990 bits per heavy atom. The second kappa shape index (κ2) is 22.0. The second-order valence-corrected chi connectivity index (χ2v) is 32.8. The highest BCUT2D eigenvalue weighted by Crippen LogP contribution is 2.54. The van der Waals surface area contributed by atoms with Gasteiger partial charge in [-0.25, -0.2) is 0 Å². The van der Waals surface area contributed by atoms with Crippen LogP contribution in [0.2, 0.25) is 0 Å². The molecular weight excluding hydrogens is 1240 g/mol. The standard InChI is InChI=1S/C92H74BN3OS2/c1-90(2,3)58-29-16-20-37-76-70(49-58)71-50-59(91(4,5)6)39-44-77(71)94(76)61-40-42-72-78(53-61)96(88-68(55-25-12-10-13-26-55)51-60(92(7,8)9)52-69(88)56-27-14-11-15-28-56)79-47-57(63-33-24-34-67-86-84(99-89(63)67)46-45-83-85(86)66-32-19-23-38-82(66)98-83)48-81-87(79)93(72)73-43-41-62(54-80(73)97-81)95-74-35-21-17-30-64(74)65-31-18-22-36-75(65)95/h10-28,30-36,38-54H,29,37H2,1-9H3/b20-16-,58-49+. The van der Waals surface area contributed by atoms with E-state index in [1.807, 2.05) is 22.7 Å². The Morgan fingerprint density at radius 3 is 1.68 bits per heavy atom. The molecule has 1 aliphatic carbocycles. The molecule has 4 nitrogen and oxygen atoms in total. The summed E-state index contributed by atoms with van der Waals surface area (Å²) in [6.07, 6.45) is 9.10. The second-order valence-electron chi connectivity index (χ2n) is 30.7. The Hall–Kier alpha value is -10.4. The fourth-order valence-corrected chi connectivity index (χ4v) is 18.9. The van der Waals surface area contributed by atoms with Gasteiger partial charge in [0.15, 0.2) is 0 Å². The minimum Gasteiger partial charge on any atom is -0.458 e. The minimum atomic E-state index is -0.216. The largest absolute Gasteiger partial charge is 0.458 e. The van der Waals surface area contributed by atoms with Crippen LogP contribution in [0.3, 0.4) is 0 Å². The fraction of sp³-hybridized carbons (Fsp3) is 0.152. The molecule has 0 radical (unpaired) electrons. The van der Waals surface area contributed by atoms with E-state index in [1.54, 1.807) is 0 Å². The van der Waals surface area contributed by atoms with Crippen LogP contribution in [0.4, 0.5) is 17.1 Å². The molecule has 0 bridgehead atoms. The van der Waals surface area contributed by atoms with Crippen LogP contribution in [-0.2, 0) is 17.3 Å². The van der Waals surface area contributed by atoms with Gasteiger partial charge in [0, 0.05) is 114 Å². The first-order chi connectivity index (χ1) is 48.0. The van der Waals surface area contributed by atoms with E-state index in [4.69, 9.17) is 4.74 Å². The van der Waals surface area contributed by atoms with E-state index < -0.39 is 0 Å². The van der Waals surface area contributed by atoms with Crippen molar-refractivity contribution in [1.29, 1.82) is 0 Å². The number of benzene rings is 12. The van der Waals surface area contributed by atoms with E-state index in [0.29, 0.717) is 0 Å². The van der Waals surface area contributed by atoms with Crippen molar-refractivity contribution >= 4 is 142 Å². The fourth-order valence-electron chi connectivity index (χ4n) is 16.6. The maximum absolute atomic E-state index is 7.84. The van der Waals surface area contributed by atoms with Crippen molar-refractivity contribution in [3.8, 4) is 56.3 Å². The molecule has 0 amide bonds. The molecule has 2 aliphatic heterocycles. The van der Waals surface area contributed by atoms with Gasteiger partial charge in [0.2, 0.25) is 0 Å². The first-order valence-electron chi connectivity index (χ1n) is 35.0. The van der Waals surface area contributed by atoms with Crippen molar-refractivity contribution in [2.24, 2.45) is 5.41 Å². The highest BCUT2D eigenvalue weighted by atomic mass is 32.1. The third-order valence-corrected chi connectivity index (χ3v) is 23.9. The Kier molecular flexibility index (Phi) is 13.3. The maximum Gasteiger partial charge on any atom is 0.256 e. The predicted octanol–water partition coefficient (Wildman–Crippen LogP) is 24.4. The molecule has 0 N–H and O–H groups in total. The van der Waals surface area contributed by atoms with Crippen molar-refractivity contribution in [2.45, 2.75) is 86.0 Å². The Labute approximate surface area is 587 Å². The summed E-state index contributed by atoms with van der Waals surface area (Å²) in [7, 11) is 0. The average Bonchev–Trinajstić information content (AvgIpc) is 1.28. The van der Waals surface area contributed by atoms with Gasteiger partial charge in [-0.1, -0.05) is 238 Å². The highest BCUT2D eigenvalue weighted by molar-refractivity contribution is 7.28. The molecule has 0 atom stereocenters. The molecule has 0 saturated carbocycles. The quantitative estimate of drug-likeness (QED) is 0.122. The number of anilines is 3. The van der Waals surface area contributed by atoms with Crippen LogP contribution in [0.1, 0.15) is 91.1 Å². The van der Waals surface area contributed by atoms with Gasteiger partial charge in [-0.05, 0) is 157 Å². The monoisotopic (exact) mass is 1310 g/mol. The van der Waals surface area contributed by atoms with E-state index in [1.165, 1.54) is 112 Å². The zero-order chi connectivity index (χ0) is 67.0. The molecule has 99 heavy (non-hydrogen) atoms. The van der Waals surface area contributed by atoms with Crippen LogP contribution < -0.4 is 26.0 Å². The molecule has 0 unspecified atom stereocenters. The summed E-state index contributed by atoms with van der Waals surface area (Å²) < 4.78 is 18.1. The van der Waals surface area contributed by atoms with Crippen LogP contribution in [0.5, 0.6) is 11.5 Å². The van der Waals surface area contributed by atoms with Crippen molar-refractivity contribution in [2.75, 3.05) is 4.90 Å². The molecule has 0 spiro atoms. The summed E-state index contributed by atoms with van der Waals surface area (Å²) in [5, 5.41) is 9.02. The van der Waals surface area contributed by atoms with Gasteiger partial charge in [-0.3, -0.25) is 0 Å². The normalized spacial score (nSPS) is 14.7. The highest BCUT2D eigenvalue weighted by Gasteiger charge is 2.44. The van der Waals surface area contributed by atoms with E-state index in [9.17, 15) is 0 Å². The van der Waals surface area contributed by atoms with Crippen LogP contribution in [-0.4, -0.2) is 15.8 Å². The average molecular weight is 1310 g/mol. The zero-order valence-electron chi connectivity index (χ0n) is 57.4. The number of rotatable bonds is 6. The Morgan fingerprint density at radius 1 is 0.394 bits per heavy atom. The van der Waals surface area contributed by atoms with Crippen molar-refractivity contribution in [3.63, 3.8) is 0 Å². The van der Waals surface area contributed by atoms with Crippen LogP contribution in [0.15, 0.2) is 260 Å². The number of thiophene rings is 2. The number of nitrogens with zero attached hydrogens (tertiary/aromatic N) is 3. The lowest BCUT2D eigenvalue weighted by atomic mass is 9.34. The predicted molar refractivity (Wildman–Crippen MR) is 428 cm³/mol. The summed E-state index contributed by atoms with van der Waals surface area (Å²) in [4.78, 5) is 2.69. The third-order valence-electron chi connectivity index (χ3n) is 21.6.